The molecule has 1 atom stereocenters. The molecule has 2 aromatic carbocycles. The van der Waals surface area contributed by atoms with Crippen LogP contribution in [0.2, 0.25) is 0 Å². The van der Waals surface area contributed by atoms with Crippen LogP contribution in [-0.2, 0) is 10.0 Å². The molecule has 3 N–H and O–H groups in total. The lowest BCUT2D eigenvalue weighted by atomic mass is 10.1. The minimum atomic E-state index is -3.87. The van der Waals surface area contributed by atoms with Crippen molar-refractivity contribution >= 4 is 21.6 Å². The Kier molecular flexibility index (Phi) is 5.29. The predicted molar refractivity (Wildman–Crippen MR) is 102 cm³/mol. The minimum Gasteiger partial charge on any atom is -0.348 e. The lowest BCUT2D eigenvalue weighted by Crippen LogP contribution is -2.42. The Morgan fingerprint density at radius 3 is 2.38 bits per heavy atom. The lowest BCUT2D eigenvalue weighted by Gasteiger charge is -2.22. The number of rotatable bonds is 7. The van der Waals surface area contributed by atoms with Gasteiger partial charge in [0.2, 0.25) is 0 Å². The van der Waals surface area contributed by atoms with E-state index in [9.17, 15) is 13.2 Å². The van der Waals surface area contributed by atoms with E-state index in [1.807, 2.05) is 6.07 Å². The summed E-state index contributed by atoms with van der Waals surface area (Å²) in [5, 5.41) is 2.89. The zero-order chi connectivity index (χ0) is 18.7. The molecule has 0 heterocycles. The number of nitrogens with one attached hydrogen (secondary N) is 1. The maximum Gasteiger partial charge on any atom is 0.264 e. The van der Waals surface area contributed by atoms with Crippen LogP contribution in [0, 0.1) is 5.92 Å². The number of benzene rings is 2. The SMILES string of the molecule is CN(c1ccccc1)S(=O)(=O)c1ccccc1C(=O)NC(CN)C1CC1. The van der Waals surface area contributed by atoms with E-state index in [4.69, 9.17) is 5.73 Å². The van der Waals surface area contributed by atoms with Gasteiger partial charge in [-0.05, 0) is 43.0 Å². The zero-order valence-corrected chi connectivity index (χ0v) is 15.4. The van der Waals surface area contributed by atoms with Crippen molar-refractivity contribution in [1.82, 2.24) is 5.32 Å². The first-order valence-corrected chi connectivity index (χ1v) is 10.0. The molecule has 0 aliphatic heterocycles. The van der Waals surface area contributed by atoms with Crippen molar-refractivity contribution < 1.29 is 13.2 Å². The van der Waals surface area contributed by atoms with Crippen LogP contribution in [0.4, 0.5) is 5.69 Å². The molecule has 6 nitrogen and oxygen atoms in total. The molecule has 0 spiro atoms. The van der Waals surface area contributed by atoms with Gasteiger partial charge in [-0.2, -0.15) is 0 Å². The molecule has 0 bridgehead atoms. The summed E-state index contributed by atoms with van der Waals surface area (Å²) in [7, 11) is -2.40. The van der Waals surface area contributed by atoms with Crippen molar-refractivity contribution in [1.29, 1.82) is 0 Å². The fourth-order valence-electron chi connectivity index (χ4n) is 2.92. The third kappa shape index (κ3) is 3.73. The fraction of sp³-hybridized carbons (Fsp3) is 0.316. The number of hydrogen-bond acceptors (Lipinski definition) is 4. The highest BCUT2D eigenvalue weighted by Crippen LogP contribution is 2.32. The van der Waals surface area contributed by atoms with Crippen LogP contribution in [0.3, 0.4) is 0 Å². The third-order valence-electron chi connectivity index (χ3n) is 4.65. The first-order chi connectivity index (χ1) is 12.4. The zero-order valence-electron chi connectivity index (χ0n) is 14.6. The van der Waals surface area contributed by atoms with Gasteiger partial charge in [-0.3, -0.25) is 9.10 Å². The van der Waals surface area contributed by atoms with E-state index in [0.717, 1.165) is 12.8 Å². The number of anilines is 1. The van der Waals surface area contributed by atoms with Crippen molar-refractivity contribution in [2.45, 2.75) is 23.8 Å². The van der Waals surface area contributed by atoms with Gasteiger partial charge in [-0.15, -0.1) is 0 Å². The summed E-state index contributed by atoms with van der Waals surface area (Å²) in [6, 6.07) is 14.9. The number of nitrogens with two attached hydrogens (primary N) is 1. The molecule has 1 saturated carbocycles. The molecule has 2 aromatic rings. The second-order valence-corrected chi connectivity index (χ2v) is 8.40. The van der Waals surface area contributed by atoms with E-state index in [0.29, 0.717) is 18.2 Å². The quantitative estimate of drug-likeness (QED) is 0.776. The van der Waals surface area contributed by atoms with E-state index < -0.39 is 15.9 Å². The lowest BCUT2D eigenvalue weighted by molar-refractivity contribution is 0.0930. The second-order valence-electron chi connectivity index (χ2n) is 6.46. The van der Waals surface area contributed by atoms with Crippen molar-refractivity contribution in [2.24, 2.45) is 11.7 Å². The van der Waals surface area contributed by atoms with Crippen LogP contribution >= 0.6 is 0 Å². The van der Waals surface area contributed by atoms with Gasteiger partial charge in [0.05, 0.1) is 11.3 Å². The number of para-hydroxylation sites is 1. The molecule has 3 rings (SSSR count). The molecule has 0 saturated heterocycles. The summed E-state index contributed by atoms with van der Waals surface area (Å²) in [5.74, 6) is -0.0206. The Morgan fingerprint density at radius 2 is 1.77 bits per heavy atom. The summed E-state index contributed by atoms with van der Waals surface area (Å²) in [5.41, 5.74) is 6.41. The van der Waals surface area contributed by atoms with Crippen molar-refractivity contribution in [3.8, 4) is 0 Å². The van der Waals surface area contributed by atoms with Gasteiger partial charge < -0.3 is 11.1 Å². The van der Waals surface area contributed by atoms with Crippen LogP contribution in [0.25, 0.3) is 0 Å². The van der Waals surface area contributed by atoms with Gasteiger partial charge in [-0.25, -0.2) is 8.42 Å². The molecule has 0 radical (unpaired) electrons. The van der Waals surface area contributed by atoms with E-state index >= 15 is 0 Å². The highest BCUT2D eigenvalue weighted by Gasteiger charge is 2.33. The van der Waals surface area contributed by atoms with Gasteiger partial charge >= 0.3 is 0 Å². The van der Waals surface area contributed by atoms with Gasteiger partial charge in [-0.1, -0.05) is 30.3 Å². The maximum absolute atomic E-state index is 13.1. The van der Waals surface area contributed by atoms with Crippen LogP contribution in [0.5, 0.6) is 0 Å². The normalized spacial score (nSPS) is 15.3. The number of carbonyl (C=O) groups is 1. The van der Waals surface area contributed by atoms with Crippen LogP contribution in [0.1, 0.15) is 23.2 Å². The molecule has 26 heavy (non-hydrogen) atoms. The average molecular weight is 373 g/mol. The minimum absolute atomic E-state index is 0.0181. The largest absolute Gasteiger partial charge is 0.348 e. The summed E-state index contributed by atoms with van der Waals surface area (Å²) >= 11 is 0. The number of hydrogen-bond donors (Lipinski definition) is 2. The summed E-state index contributed by atoms with van der Waals surface area (Å²) in [4.78, 5) is 12.7. The Morgan fingerprint density at radius 1 is 1.15 bits per heavy atom. The van der Waals surface area contributed by atoms with Gasteiger partial charge in [0, 0.05) is 19.6 Å². The molecule has 1 amide bonds. The standard InChI is InChI=1S/C19H23N3O3S/c1-22(15-7-3-2-4-8-15)26(24,25)18-10-6-5-9-16(18)19(23)21-17(13-20)14-11-12-14/h2-10,14,17H,11-13,20H2,1H3,(H,21,23). The molecule has 1 aliphatic rings. The van der Waals surface area contributed by atoms with E-state index in [1.165, 1.54) is 23.5 Å². The number of nitrogens with zero attached hydrogens (tertiary/aromatic N) is 1. The molecule has 138 valence electrons. The molecule has 7 heteroatoms. The van der Waals surface area contributed by atoms with Crippen molar-refractivity contribution in [2.75, 3.05) is 17.9 Å². The van der Waals surface area contributed by atoms with Crippen molar-refractivity contribution in [3.63, 3.8) is 0 Å². The maximum atomic E-state index is 13.1. The van der Waals surface area contributed by atoms with E-state index in [2.05, 4.69) is 5.32 Å². The molecular weight excluding hydrogens is 350 g/mol. The smallest absolute Gasteiger partial charge is 0.264 e. The van der Waals surface area contributed by atoms with Gasteiger partial charge in [0.15, 0.2) is 0 Å². The van der Waals surface area contributed by atoms with Crippen molar-refractivity contribution in [3.05, 3.63) is 60.2 Å². The Labute approximate surface area is 154 Å². The monoisotopic (exact) mass is 373 g/mol. The first-order valence-electron chi connectivity index (χ1n) is 8.59. The molecule has 1 aliphatic carbocycles. The highest BCUT2D eigenvalue weighted by atomic mass is 32.2. The number of carbonyl (C=O) groups excluding carboxylic acids is 1. The third-order valence-corrected chi connectivity index (χ3v) is 6.50. The van der Waals surface area contributed by atoms with E-state index in [1.54, 1.807) is 36.4 Å². The molecule has 0 aromatic heterocycles. The number of amides is 1. The molecular formula is C19H23N3O3S. The summed E-state index contributed by atoms with van der Waals surface area (Å²) in [6.45, 7) is 0.343. The van der Waals surface area contributed by atoms with Gasteiger partial charge in [0.1, 0.15) is 4.90 Å². The predicted octanol–water partition coefficient (Wildman–Crippen LogP) is 1.98. The Hall–Kier alpha value is -2.38. The van der Waals surface area contributed by atoms with Gasteiger partial charge in [0.25, 0.3) is 15.9 Å². The number of sulfonamides is 1. The fourth-order valence-corrected chi connectivity index (χ4v) is 4.30. The topological polar surface area (TPSA) is 92.5 Å². The van der Waals surface area contributed by atoms with Crippen LogP contribution < -0.4 is 15.4 Å². The van der Waals surface area contributed by atoms with Crippen LogP contribution in [0.15, 0.2) is 59.5 Å². The molecule has 1 unspecified atom stereocenters. The van der Waals surface area contributed by atoms with Crippen LogP contribution in [-0.4, -0.2) is 34.0 Å². The highest BCUT2D eigenvalue weighted by molar-refractivity contribution is 7.92. The first kappa shape index (κ1) is 18.4. The summed E-state index contributed by atoms with van der Waals surface area (Å²) < 4.78 is 27.3. The Bertz CT molecular complexity index is 880. The van der Waals surface area contributed by atoms with E-state index in [-0.39, 0.29) is 16.5 Å². The second kappa shape index (κ2) is 7.47. The summed E-state index contributed by atoms with van der Waals surface area (Å²) in [6.07, 6.45) is 2.08. The Balaban J connectivity index is 1.92. The average Bonchev–Trinajstić information content (AvgIpc) is 3.51. The molecule has 1 fully saturated rings.